The van der Waals surface area contributed by atoms with Gasteiger partial charge >= 0.3 is 0 Å². The van der Waals surface area contributed by atoms with E-state index in [0.717, 1.165) is 46.1 Å². The minimum absolute atomic E-state index is 0. The third-order valence-corrected chi connectivity index (χ3v) is 15.4. The molecule has 0 amide bonds. The average Bonchev–Trinajstić information content (AvgIpc) is 1.13. The molecule has 6 heteroatoms. The van der Waals surface area contributed by atoms with Crippen molar-refractivity contribution in [2.75, 3.05) is 0 Å². The SMILES string of the molecule is [2H]c1c([2H])c([2H])c2c(c1[2H])-c1cc(C(C)(C)C)cc(-c3c(C([2H])([2H])[2H])cccc3C([2H])([2H])[2H])c1-[n+]1[c-]n(-c3[c-]c(Oc4[c-]c5c(cc4)c4ccccc4n5-c4cc(C(C)(C)C)ccn4)ccc3)c3cc(-c4c([2H])c([2H])c5c(c4[2H])C(C([2H])([2H])[2H])(C([2H])([2H])[2H])C([2H])([2H])C([2H])([2H])C5(C([2H])([2H])[2H])C([2H])([2H])[2H])cc(c31)-c1c([2H])c([2H])c([2H])c([2H])c1-2.[Pt]. The van der Waals surface area contributed by atoms with E-state index in [4.69, 9.17) is 34.4 Å². The van der Waals surface area contributed by atoms with Gasteiger partial charge in [-0.2, -0.15) is 18.2 Å². The zero-order valence-corrected chi connectivity index (χ0v) is 48.3. The molecule has 14 rings (SSSR count). The molecule has 12 aromatic rings. The first-order valence-corrected chi connectivity index (χ1v) is 26.6. The second-order valence-electron chi connectivity index (χ2n) is 22.9. The van der Waals surface area contributed by atoms with Gasteiger partial charge in [0.15, 0.2) is 0 Å². The van der Waals surface area contributed by atoms with Crippen molar-refractivity contribution in [3.63, 3.8) is 0 Å². The maximum Gasteiger partial charge on any atom is 0.268 e. The van der Waals surface area contributed by atoms with Crippen molar-refractivity contribution >= 4 is 32.8 Å². The Balaban J connectivity index is 0.0000119. The molecule has 1 aliphatic carbocycles. The van der Waals surface area contributed by atoms with Crippen LogP contribution in [0.3, 0.4) is 0 Å². The Labute approximate surface area is 556 Å². The standard InChI is InChI=1S/C78H70N4O.Pt/c1-48-21-19-22-49(2)72(48)65-43-53(76(6,7)8)42-64-60-28-16-14-26-58(60)57-25-13-15-27-59(57)63-39-51(50-31-34-66-67(40-50)78(11,12)37-36-77(66,9)10)41-70-74(63)81(73(64)65)47-80(70)54-23-20-24-55(45-54)83-56-32-33-62-61-29-17-18-30-68(61)82(69(62)46-56)71-44-52(35-38-79-71)75(3,4)5;/h13-35,38-44H,36-37H2,1-12H3;/q-2;/i1D3,2D3,9D3,10D3,11D3,12D3,13D,14D,15D,16D,25D,26D,27D,28D,31D,34D,36D2,37D2,40D;. The largest absolute Gasteiger partial charge is 0.510 e. The second kappa shape index (κ2) is 20.0. The smallest absolute Gasteiger partial charge is 0.268 e. The zero-order chi connectivity index (χ0) is 85.6. The number of rotatable bonds is 6. The van der Waals surface area contributed by atoms with Crippen LogP contribution in [0.25, 0.3) is 106 Å². The predicted octanol–water partition coefficient (Wildman–Crippen LogP) is 19.8. The van der Waals surface area contributed by atoms with Crippen LogP contribution in [0.2, 0.25) is 0 Å². The van der Waals surface area contributed by atoms with Gasteiger partial charge in [0.2, 0.25) is 0 Å². The van der Waals surface area contributed by atoms with E-state index < -0.39 is 203 Å². The van der Waals surface area contributed by atoms with Gasteiger partial charge in [-0.1, -0.05) is 196 Å². The summed E-state index contributed by atoms with van der Waals surface area (Å²) in [5.74, 6) is 0.550. The van der Waals surface area contributed by atoms with Crippen molar-refractivity contribution in [3.05, 3.63) is 234 Å². The molecule has 2 aliphatic rings. The van der Waals surface area contributed by atoms with E-state index in [1.807, 2.05) is 47.0 Å². The number of hydrogen-bond donors (Lipinski definition) is 0. The van der Waals surface area contributed by atoms with Crippen LogP contribution in [0.15, 0.2) is 182 Å². The molecule has 0 bridgehead atoms. The van der Waals surface area contributed by atoms with Crippen molar-refractivity contribution in [1.82, 2.24) is 14.1 Å². The Kier molecular flexibility index (Phi) is 6.94. The molecule has 0 atom stereocenters. The summed E-state index contributed by atoms with van der Waals surface area (Å²) in [5.41, 5.74) is -20.2. The van der Waals surface area contributed by atoms with E-state index in [1.165, 1.54) is 45.5 Å². The van der Waals surface area contributed by atoms with Gasteiger partial charge in [0.1, 0.15) is 5.82 Å². The Morgan fingerprint density at radius 2 is 1.25 bits per heavy atom. The molecule has 0 radical (unpaired) electrons. The fourth-order valence-corrected chi connectivity index (χ4v) is 11.2. The maximum atomic E-state index is 10.5. The van der Waals surface area contributed by atoms with Crippen molar-refractivity contribution in [2.24, 2.45) is 0 Å². The first kappa shape index (κ1) is 29.1. The quantitative estimate of drug-likeness (QED) is 0.123. The summed E-state index contributed by atoms with van der Waals surface area (Å²) in [6.07, 6.45) is -4.51. The number of pyridine rings is 1. The number of aromatic nitrogens is 4. The summed E-state index contributed by atoms with van der Waals surface area (Å²) in [6, 6.07) is 21.9. The minimum atomic E-state index is -4.78. The van der Waals surface area contributed by atoms with Gasteiger partial charge in [-0.05, 0) is 172 Å². The minimum Gasteiger partial charge on any atom is -0.510 e. The van der Waals surface area contributed by atoms with Gasteiger partial charge in [-0.25, -0.2) is 4.98 Å². The topological polar surface area (TPSA) is 35.9 Å². The molecule has 0 spiro atoms. The van der Waals surface area contributed by atoms with E-state index >= 15 is 0 Å². The van der Waals surface area contributed by atoms with Gasteiger partial charge in [-0.15, -0.1) is 29.7 Å². The Bertz CT molecular complexity index is 6160. The monoisotopic (exact) mass is 1310 g/mol. The molecule has 84 heavy (non-hydrogen) atoms. The first-order chi connectivity index (χ1) is 53.3. The van der Waals surface area contributed by atoms with Crippen molar-refractivity contribution in [2.45, 2.75) is 117 Å². The fourth-order valence-electron chi connectivity index (χ4n) is 11.2. The molecule has 0 N–H and O–H groups in total. The molecule has 0 fully saturated rings. The third kappa shape index (κ3) is 9.08. The van der Waals surface area contributed by atoms with Crippen LogP contribution < -0.4 is 9.30 Å². The van der Waals surface area contributed by atoms with Crippen LogP contribution in [-0.2, 0) is 42.7 Å². The second-order valence-corrected chi connectivity index (χ2v) is 22.9. The van der Waals surface area contributed by atoms with Crippen LogP contribution in [-0.4, -0.2) is 14.1 Å². The summed E-state index contributed by atoms with van der Waals surface area (Å²) in [7, 11) is 0. The van der Waals surface area contributed by atoms with Crippen molar-refractivity contribution in [3.8, 4) is 84.3 Å². The molecule has 0 unspecified atom stereocenters. The predicted molar refractivity (Wildman–Crippen MR) is 343 cm³/mol. The Morgan fingerprint density at radius 3 is 1.95 bits per heavy atom. The molecule has 420 valence electrons. The summed E-state index contributed by atoms with van der Waals surface area (Å²) >= 11 is 0. The zero-order valence-electron chi connectivity index (χ0n) is 79.0. The van der Waals surface area contributed by atoms with Crippen LogP contribution in [0.1, 0.15) is 160 Å². The number of para-hydroxylation sites is 1. The molecule has 9 aromatic carbocycles. The van der Waals surface area contributed by atoms with Crippen LogP contribution in [0.4, 0.5) is 0 Å². The number of benzene rings is 9. The molecule has 3 aromatic heterocycles. The molecule has 0 saturated carbocycles. The molecule has 4 heterocycles. The summed E-state index contributed by atoms with van der Waals surface area (Å²) < 4.78 is 322. The number of aryl methyl sites for hydroxylation is 2. The number of nitrogens with zero attached hydrogens (tertiary/aromatic N) is 4. The Morgan fingerprint density at radius 1 is 0.595 bits per heavy atom. The molecular weight excluding hydrogens is 1200 g/mol. The maximum absolute atomic E-state index is 10.5. The van der Waals surface area contributed by atoms with E-state index in [0.29, 0.717) is 11.3 Å². The van der Waals surface area contributed by atoms with Gasteiger partial charge in [-0.3, -0.25) is 4.57 Å². The van der Waals surface area contributed by atoms with E-state index in [9.17, 15) is 20.6 Å². The summed E-state index contributed by atoms with van der Waals surface area (Å²) in [5, 5.41) is 1.58. The van der Waals surface area contributed by atoms with E-state index in [1.54, 1.807) is 33.0 Å². The molecule has 0 saturated heterocycles. The van der Waals surface area contributed by atoms with E-state index in [-0.39, 0.29) is 77.1 Å². The number of ether oxygens (including phenoxy) is 1. The molecule has 5 nitrogen and oxygen atoms in total. The van der Waals surface area contributed by atoms with Crippen LogP contribution in [0, 0.1) is 32.2 Å². The van der Waals surface area contributed by atoms with Gasteiger partial charge in [0.05, 0.1) is 31.8 Å². The number of imidazole rings is 1. The fraction of sp³-hybridized carbons (Fsp3) is 0.231. The van der Waals surface area contributed by atoms with Crippen molar-refractivity contribution in [1.29, 1.82) is 0 Å². The van der Waals surface area contributed by atoms with E-state index in [2.05, 4.69) is 39.2 Å². The summed E-state index contributed by atoms with van der Waals surface area (Å²) in [6.45, 7) is -12.9. The van der Waals surface area contributed by atoms with Crippen LogP contribution >= 0.6 is 0 Å². The van der Waals surface area contributed by atoms with Gasteiger partial charge < -0.3 is 13.9 Å². The number of fused-ring (bicyclic) bond motifs is 11. The first-order valence-electron chi connectivity index (χ1n) is 43.1. The van der Waals surface area contributed by atoms with Gasteiger partial charge in [0.25, 0.3) is 6.33 Å². The van der Waals surface area contributed by atoms with Gasteiger partial charge in [0, 0.05) is 74.4 Å². The van der Waals surface area contributed by atoms with Crippen LogP contribution in [0.5, 0.6) is 11.5 Å². The average molecular weight is 1310 g/mol. The normalized spacial score (nSPS) is 22.0. The van der Waals surface area contributed by atoms with Crippen molar-refractivity contribution < 1.29 is 75.6 Å². The molecule has 1 aliphatic heterocycles. The summed E-state index contributed by atoms with van der Waals surface area (Å²) in [4.78, 5) is 4.79. The Hall–Kier alpha value is -8.11. The number of hydrogen-bond acceptors (Lipinski definition) is 2. The third-order valence-electron chi connectivity index (χ3n) is 15.4. The molecular formula is C78H70N4OPt-2.